The Morgan fingerprint density at radius 3 is 2.30 bits per heavy atom. The maximum absolute atomic E-state index is 4.50. The van der Waals surface area contributed by atoms with Gasteiger partial charge in [-0.25, -0.2) is 0 Å². The fourth-order valence-electron chi connectivity index (χ4n) is 2.07. The molecule has 1 unspecified atom stereocenters. The van der Waals surface area contributed by atoms with E-state index in [-0.39, 0.29) is 5.92 Å². The molecule has 4 nitrogen and oxygen atoms in total. The Balaban J connectivity index is 1.77. The van der Waals surface area contributed by atoms with Crippen molar-refractivity contribution < 1.29 is 0 Å². The van der Waals surface area contributed by atoms with Crippen LogP contribution >= 0.6 is 0 Å². The molecule has 0 fully saturated rings. The van der Waals surface area contributed by atoms with Crippen LogP contribution in [0, 0.1) is 0 Å². The fraction of sp³-hybridized carbons (Fsp3) is 0.125. The smallest absolute Gasteiger partial charge is 0.246 e. The summed E-state index contributed by atoms with van der Waals surface area (Å²) in [6.07, 6.45) is 0. The standard InChI is InChI=1S/C16H16N4/c1-12(13-8-4-2-5-9-13)15-18-16(20-19-15)17-14-10-6-3-7-11-14/h2-12H,1H3,(H2,17,18,19,20). The van der Waals surface area contributed by atoms with Gasteiger partial charge in [0, 0.05) is 11.6 Å². The Bertz CT molecular complexity index is 661. The molecule has 1 aromatic heterocycles. The second-order valence-electron chi connectivity index (χ2n) is 4.67. The molecule has 2 aromatic carbocycles. The van der Waals surface area contributed by atoms with Gasteiger partial charge >= 0.3 is 0 Å². The van der Waals surface area contributed by atoms with Crippen LogP contribution in [-0.2, 0) is 0 Å². The van der Waals surface area contributed by atoms with Gasteiger partial charge < -0.3 is 5.32 Å². The first-order valence-electron chi connectivity index (χ1n) is 6.62. The van der Waals surface area contributed by atoms with Crippen molar-refractivity contribution in [2.45, 2.75) is 12.8 Å². The normalized spacial score (nSPS) is 12.1. The van der Waals surface area contributed by atoms with Crippen LogP contribution in [0.2, 0.25) is 0 Å². The number of hydrogen-bond donors (Lipinski definition) is 2. The molecule has 20 heavy (non-hydrogen) atoms. The molecule has 0 aliphatic rings. The second-order valence-corrected chi connectivity index (χ2v) is 4.67. The Hall–Kier alpha value is -2.62. The summed E-state index contributed by atoms with van der Waals surface area (Å²) >= 11 is 0. The molecule has 4 heteroatoms. The van der Waals surface area contributed by atoms with E-state index in [0.717, 1.165) is 11.5 Å². The van der Waals surface area contributed by atoms with Crippen molar-refractivity contribution in [2.75, 3.05) is 5.32 Å². The lowest BCUT2D eigenvalue weighted by atomic mass is 10.0. The van der Waals surface area contributed by atoms with Crippen molar-refractivity contribution in [3.8, 4) is 0 Å². The van der Waals surface area contributed by atoms with Crippen LogP contribution in [0.25, 0.3) is 0 Å². The number of aromatic nitrogens is 3. The third-order valence-electron chi connectivity index (χ3n) is 3.24. The van der Waals surface area contributed by atoms with E-state index in [2.05, 4.69) is 39.6 Å². The quantitative estimate of drug-likeness (QED) is 0.755. The van der Waals surface area contributed by atoms with E-state index >= 15 is 0 Å². The Morgan fingerprint density at radius 1 is 0.950 bits per heavy atom. The highest BCUT2D eigenvalue weighted by Crippen LogP contribution is 2.22. The van der Waals surface area contributed by atoms with Crippen LogP contribution in [0.4, 0.5) is 11.6 Å². The van der Waals surface area contributed by atoms with Crippen molar-refractivity contribution in [2.24, 2.45) is 0 Å². The minimum Gasteiger partial charge on any atom is -0.323 e. The van der Waals surface area contributed by atoms with Gasteiger partial charge in [0.2, 0.25) is 5.95 Å². The second kappa shape index (κ2) is 5.57. The molecular weight excluding hydrogens is 248 g/mol. The van der Waals surface area contributed by atoms with Gasteiger partial charge in [-0.3, -0.25) is 5.10 Å². The summed E-state index contributed by atoms with van der Waals surface area (Å²) < 4.78 is 0. The van der Waals surface area contributed by atoms with E-state index in [1.165, 1.54) is 5.56 Å². The van der Waals surface area contributed by atoms with Crippen molar-refractivity contribution in [3.63, 3.8) is 0 Å². The maximum Gasteiger partial charge on any atom is 0.246 e. The molecule has 1 atom stereocenters. The summed E-state index contributed by atoms with van der Waals surface area (Å²) in [6, 6.07) is 20.2. The Labute approximate surface area is 117 Å². The summed E-state index contributed by atoms with van der Waals surface area (Å²) in [4.78, 5) is 4.50. The van der Waals surface area contributed by atoms with E-state index in [4.69, 9.17) is 0 Å². The lowest BCUT2D eigenvalue weighted by Gasteiger charge is -2.07. The van der Waals surface area contributed by atoms with Gasteiger partial charge in [0.15, 0.2) is 0 Å². The van der Waals surface area contributed by atoms with Gasteiger partial charge in [0.05, 0.1) is 0 Å². The van der Waals surface area contributed by atoms with Crippen molar-refractivity contribution >= 4 is 11.6 Å². The average molecular weight is 264 g/mol. The first-order valence-corrected chi connectivity index (χ1v) is 6.62. The largest absolute Gasteiger partial charge is 0.323 e. The molecule has 0 amide bonds. The number of nitrogens with zero attached hydrogens (tertiary/aromatic N) is 2. The molecule has 3 rings (SSSR count). The topological polar surface area (TPSA) is 53.6 Å². The minimum atomic E-state index is 0.190. The van der Waals surface area contributed by atoms with Crippen molar-refractivity contribution in [1.29, 1.82) is 0 Å². The van der Waals surface area contributed by atoms with Crippen molar-refractivity contribution in [1.82, 2.24) is 15.2 Å². The molecule has 0 spiro atoms. The molecular formula is C16H16N4. The van der Waals surface area contributed by atoms with E-state index in [1.807, 2.05) is 48.5 Å². The lowest BCUT2D eigenvalue weighted by Crippen LogP contribution is -1.98. The molecule has 2 N–H and O–H groups in total. The third kappa shape index (κ3) is 2.69. The van der Waals surface area contributed by atoms with Gasteiger partial charge in [-0.05, 0) is 17.7 Å². The number of hydrogen-bond acceptors (Lipinski definition) is 3. The summed E-state index contributed by atoms with van der Waals surface area (Å²) in [5.41, 5.74) is 2.19. The van der Waals surface area contributed by atoms with Crippen molar-refractivity contribution in [3.05, 3.63) is 72.1 Å². The molecule has 0 saturated heterocycles. The molecule has 1 heterocycles. The van der Waals surface area contributed by atoms with Crippen LogP contribution in [-0.4, -0.2) is 15.2 Å². The predicted molar refractivity (Wildman–Crippen MR) is 80.1 cm³/mol. The highest BCUT2D eigenvalue weighted by molar-refractivity contribution is 5.52. The summed E-state index contributed by atoms with van der Waals surface area (Å²) in [7, 11) is 0. The summed E-state index contributed by atoms with van der Waals surface area (Å²) in [5.74, 6) is 1.64. The number of anilines is 2. The fourth-order valence-corrected chi connectivity index (χ4v) is 2.07. The van der Waals surface area contributed by atoms with Crippen LogP contribution in [0.1, 0.15) is 24.2 Å². The Kier molecular flexibility index (Phi) is 3.46. The average Bonchev–Trinajstić information content (AvgIpc) is 2.97. The number of nitrogens with one attached hydrogen (secondary N) is 2. The summed E-state index contributed by atoms with van der Waals surface area (Å²) in [6.45, 7) is 2.11. The number of benzene rings is 2. The monoisotopic (exact) mass is 264 g/mol. The molecule has 0 saturated carbocycles. The number of aromatic amines is 1. The number of rotatable bonds is 4. The van der Waals surface area contributed by atoms with Gasteiger partial charge in [-0.1, -0.05) is 55.5 Å². The number of H-pyrrole nitrogens is 1. The summed E-state index contributed by atoms with van der Waals surface area (Å²) in [5, 5.41) is 10.4. The SMILES string of the molecule is CC(c1ccccc1)c1nc(Nc2ccccc2)n[nH]1. The molecule has 3 aromatic rings. The lowest BCUT2D eigenvalue weighted by molar-refractivity contribution is 0.823. The zero-order chi connectivity index (χ0) is 13.8. The van der Waals surface area contributed by atoms with Gasteiger partial charge in [-0.15, -0.1) is 5.10 Å². The first-order chi connectivity index (χ1) is 9.83. The van der Waals surface area contributed by atoms with E-state index in [0.29, 0.717) is 5.95 Å². The van der Waals surface area contributed by atoms with Gasteiger partial charge in [0.25, 0.3) is 0 Å². The van der Waals surface area contributed by atoms with Crippen LogP contribution in [0.3, 0.4) is 0 Å². The van der Waals surface area contributed by atoms with Gasteiger partial charge in [-0.2, -0.15) is 4.98 Å². The molecule has 0 radical (unpaired) electrons. The third-order valence-corrected chi connectivity index (χ3v) is 3.24. The molecule has 100 valence electrons. The predicted octanol–water partition coefficient (Wildman–Crippen LogP) is 3.70. The molecule has 0 aliphatic heterocycles. The number of para-hydroxylation sites is 1. The zero-order valence-electron chi connectivity index (χ0n) is 11.2. The first kappa shape index (κ1) is 12.4. The minimum absolute atomic E-state index is 0.190. The highest BCUT2D eigenvalue weighted by atomic mass is 15.3. The van der Waals surface area contributed by atoms with Crippen LogP contribution < -0.4 is 5.32 Å². The molecule has 0 bridgehead atoms. The van der Waals surface area contributed by atoms with E-state index in [9.17, 15) is 0 Å². The van der Waals surface area contributed by atoms with Crippen LogP contribution in [0.5, 0.6) is 0 Å². The maximum atomic E-state index is 4.50. The van der Waals surface area contributed by atoms with Gasteiger partial charge in [0.1, 0.15) is 5.82 Å². The Morgan fingerprint density at radius 2 is 1.60 bits per heavy atom. The van der Waals surface area contributed by atoms with E-state index < -0.39 is 0 Å². The molecule has 0 aliphatic carbocycles. The van der Waals surface area contributed by atoms with E-state index in [1.54, 1.807) is 0 Å². The van der Waals surface area contributed by atoms with Crippen LogP contribution in [0.15, 0.2) is 60.7 Å². The zero-order valence-corrected chi connectivity index (χ0v) is 11.2. The highest BCUT2D eigenvalue weighted by Gasteiger charge is 2.13.